The van der Waals surface area contributed by atoms with Crippen molar-refractivity contribution in [2.45, 2.75) is 6.54 Å². The van der Waals surface area contributed by atoms with Gasteiger partial charge >= 0.3 is 5.97 Å². The summed E-state index contributed by atoms with van der Waals surface area (Å²) in [6, 6.07) is 10.1. The molecular weight excluding hydrogens is 216 g/mol. The molecule has 0 bridgehead atoms. The molecule has 0 amide bonds. The van der Waals surface area contributed by atoms with E-state index in [2.05, 4.69) is 15.0 Å². The lowest BCUT2D eigenvalue weighted by Gasteiger charge is -2.11. The highest BCUT2D eigenvalue weighted by Gasteiger charge is 2.21. The van der Waals surface area contributed by atoms with Crippen LogP contribution in [0.2, 0.25) is 0 Å². The normalized spacial score (nSPS) is 14.4. The van der Waals surface area contributed by atoms with Gasteiger partial charge in [0.05, 0.1) is 13.2 Å². The van der Waals surface area contributed by atoms with Gasteiger partial charge < -0.3 is 15.0 Å². The summed E-state index contributed by atoms with van der Waals surface area (Å²) in [5.41, 5.74) is 1.19. The molecule has 1 heterocycles. The average Bonchev–Trinajstić information content (AvgIpc) is 3.19. The Labute approximate surface area is 101 Å². The summed E-state index contributed by atoms with van der Waals surface area (Å²) in [6.45, 7) is 2.69. The molecule has 1 aliphatic heterocycles. The summed E-state index contributed by atoms with van der Waals surface area (Å²) in [5, 5.41) is 3.25. The summed E-state index contributed by atoms with van der Waals surface area (Å²) >= 11 is 0. The predicted molar refractivity (Wildman–Crippen MR) is 65.0 cm³/mol. The minimum absolute atomic E-state index is 0.326. The van der Waals surface area contributed by atoms with E-state index in [-0.39, 0.29) is 5.97 Å². The fourth-order valence-corrected chi connectivity index (χ4v) is 1.50. The van der Waals surface area contributed by atoms with Crippen molar-refractivity contribution in [3.63, 3.8) is 0 Å². The van der Waals surface area contributed by atoms with Crippen molar-refractivity contribution < 1.29 is 9.53 Å². The van der Waals surface area contributed by atoms with Gasteiger partial charge in [-0.3, -0.25) is 0 Å². The van der Waals surface area contributed by atoms with Gasteiger partial charge in [0.25, 0.3) is 0 Å². The maximum absolute atomic E-state index is 11.2. The van der Waals surface area contributed by atoms with Gasteiger partial charge in [0, 0.05) is 19.6 Å². The zero-order valence-corrected chi connectivity index (χ0v) is 9.85. The number of carbonyl (C=O) groups is 1. The lowest BCUT2D eigenvalue weighted by Crippen LogP contribution is -2.20. The minimum atomic E-state index is -0.326. The fraction of sp³-hybridized carbons (Fsp3) is 0.308. The first kappa shape index (κ1) is 11.5. The lowest BCUT2D eigenvalue weighted by molar-refractivity contribution is -0.134. The van der Waals surface area contributed by atoms with E-state index in [4.69, 9.17) is 0 Å². The van der Waals surface area contributed by atoms with Crippen LogP contribution < -0.4 is 5.32 Å². The molecule has 0 atom stereocenters. The topological polar surface area (TPSA) is 41.3 Å². The largest absolute Gasteiger partial charge is 0.466 e. The summed E-state index contributed by atoms with van der Waals surface area (Å²) in [6.07, 6.45) is 1.50. The van der Waals surface area contributed by atoms with Gasteiger partial charge in [-0.1, -0.05) is 30.3 Å². The molecular formula is C13H16N2O2. The number of methoxy groups -OCH3 is 1. The average molecular weight is 232 g/mol. The Morgan fingerprint density at radius 2 is 2.12 bits per heavy atom. The Morgan fingerprint density at radius 1 is 1.41 bits per heavy atom. The number of rotatable bonds is 5. The lowest BCUT2D eigenvalue weighted by atomic mass is 10.2. The number of nitrogens with zero attached hydrogens (tertiary/aromatic N) is 1. The van der Waals surface area contributed by atoms with Crippen molar-refractivity contribution in [2.24, 2.45) is 0 Å². The first-order valence-electron chi connectivity index (χ1n) is 5.62. The smallest absolute Gasteiger partial charge is 0.334 e. The van der Waals surface area contributed by atoms with Crippen LogP contribution >= 0.6 is 0 Å². The second kappa shape index (κ2) is 5.39. The summed E-state index contributed by atoms with van der Waals surface area (Å²) in [5.74, 6) is 0.508. The molecule has 1 saturated heterocycles. The third-order valence-electron chi connectivity index (χ3n) is 2.56. The number of benzene rings is 1. The molecule has 0 spiro atoms. The third kappa shape index (κ3) is 3.52. The van der Waals surface area contributed by atoms with Crippen LogP contribution in [0.25, 0.3) is 0 Å². The SMILES string of the molecule is COC(=O)/C=C(\NCc1ccccc1)N1CC1. The Hall–Kier alpha value is -1.97. The number of nitrogens with one attached hydrogen (secondary N) is 1. The van der Waals surface area contributed by atoms with Crippen LogP contribution in [0.1, 0.15) is 5.56 Å². The van der Waals surface area contributed by atoms with Gasteiger partial charge in [0.2, 0.25) is 0 Å². The van der Waals surface area contributed by atoms with Crippen molar-refractivity contribution in [1.82, 2.24) is 10.2 Å². The van der Waals surface area contributed by atoms with Gasteiger partial charge in [0.1, 0.15) is 5.82 Å². The van der Waals surface area contributed by atoms with E-state index in [0.29, 0.717) is 6.54 Å². The molecule has 0 aromatic heterocycles. The van der Waals surface area contributed by atoms with Gasteiger partial charge in [-0.25, -0.2) is 4.79 Å². The number of carbonyl (C=O) groups excluding carboxylic acids is 1. The second-order valence-electron chi connectivity index (χ2n) is 3.88. The van der Waals surface area contributed by atoms with Gasteiger partial charge in [-0.05, 0) is 5.56 Å². The zero-order chi connectivity index (χ0) is 12.1. The number of esters is 1. The predicted octanol–water partition coefficient (Wildman–Crippen LogP) is 1.11. The minimum Gasteiger partial charge on any atom is -0.466 e. The maximum Gasteiger partial charge on any atom is 0.334 e. The molecule has 1 N–H and O–H groups in total. The van der Waals surface area contributed by atoms with Gasteiger partial charge in [-0.2, -0.15) is 0 Å². The van der Waals surface area contributed by atoms with Crippen LogP contribution in [0.5, 0.6) is 0 Å². The molecule has 1 aromatic carbocycles. The Morgan fingerprint density at radius 3 is 2.71 bits per heavy atom. The van der Waals surface area contributed by atoms with Crippen molar-refractivity contribution in [2.75, 3.05) is 20.2 Å². The molecule has 90 valence electrons. The Balaban J connectivity index is 1.95. The van der Waals surface area contributed by atoms with E-state index in [1.165, 1.54) is 18.7 Å². The second-order valence-corrected chi connectivity index (χ2v) is 3.88. The van der Waals surface area contributed by atoms with Crippen LogP contribution in [0.3, 0.4) is 0 Å². The van der Waals surface area contributed by atoms with Crippen LogP contribution in [0, 0.1) is 0 Å². The van der Waals surface area contributed by atoms with Gasteiger partial charge in [0.15, 0.2) is 0 Å². The molecule has 17 heavy (non-hydrogen) atoms. The van der Waals surface area contributed by atoms with E-state index < -0.39 is 0 Å². The van der Waals surface area contributed by atoms with Crippen molar-refractivity contribution in [1.29, 1.82) is 0 Å². The first-order valence-corrected chi connectivity index (χ1v) is 5.62. The van der Waals surface area contributed by atoms with Crippen LogP contribution in [0.15, 0.2) is 42.2 Å². The quantitative estimate of drug-likeness (QED) is 0.469. The van der Waals surface area contributed by atoms with Crippen LogP contribution in [-0.2, 0) is 16.1 Å². The van der Waals surface area contributed by atoms with Crippen LogP contribution in [0.4, 0.5) is 0 Å². The molecule has 2 rings (SSSR count). The van der Waals surface area contributed by atoms with E-state index >= 15 is 0 Å². The molecule has 0 radical (unpaired) electrons. The number of hydrogen-bond acceptors (Lipinski definition) is 4. The first-order chi connectivity index (χ1) is 8.29. The highest BCUT2D eigenvalue weighted by Crippen LogP contribution is 2.12. The van der Waals surface area contributed by atoms with Crippen LogP contribution in [-0.4, -0.2) is 31.1 Å². The molecule has 0 aliphatic carbocycles. The number of ether oxygens (including phenoxy) is 1. The summed E-state index contributed by atoms with van der Waals surface area (Å²) in [7, 11) is 1.38. The van der Waals surface area contributed by atoms with Crippen molar-refractivity contribution in [3.05, 3.63) is 47.8 Å². The fourth-order valence-electron chi connectivity index (χ4n) is 1.50. The Bertz CT molecular complexity index is 411. The molecule has 1 fully saturated rings. The molecule has 0 unspecified atom stereocenters. The monoisotopic (exact) mass is 232 g/mol. The van der Waals surface area contributed by atoms with E-state index in [1.807, 2.05) is 30.3 Å². The van der Waals surface area contributed by atoms with E-state index in [0.717, 1.165) is 18.9 Å². The summed E-state index contributed by atoms with van der Waals surface area (Å²) in [4.78, 5) is 13.3. The number of hydrogen-bond donors (Lipinski definition) is 1. The molecule has 4 heteroatoms. The molecule has 0 saturated carbocycles. The standard InChI is InChI=1S/C13H16N2O2/c1-17-13(16)9-12(15-7-8-15)14-10-11-5-3-2-4-6-11/h2-6,9,14H,7-8,10H2,1H3/b12-9+. The third-order valence-corrected chi connectivity index (χ3v) is 2.56. The summed E-state index contributed by atoms with van der Waals surface area (Å²) < 4.78 is 4.63. The van der Waals surface area contributed by atoms with Gasteiger partial charge in [-0.15, -0.1) is 0 Å². The molecule has 4 nitrogen and oxygen atoms in total. The highest BCUT2D eigenvalue weighted by molar-refractivity contribution is 5.82. The zero-order valence-electron chi connectivity index (χ0n) is 9.85. The molecule has 1 aromatic rings. The highest BCUT2D eigenvalue weighted by atomic mass is 16.5. The maximum atomic E-state index is 11.2. The van der Waals surface area contributed by atoms with Crippen molar-refractivity contribution >= 4 is 5.97 Å². The van der Waals surface area contributed by atoms with E-state index in [1.54, 1.807) is 0 Å². The molecule has 1 aliphatic rings. The van der Waals surface area contributed by atoms with Crippen molar-refractivity contribution in [3.8, 4) is 0 Å². The Kier molecular flexibility index (Phi) is 3.65. The van der Waals surface area contributed by atoms with E-state index in [9.17, 15) is 4.79 Å².